The van der Waals surface area contributed by atoms with Crippen molar-refractivity contribution in [3.05, 3.63) is 41.7 Å². The van der Waals surface area contributed by atoms with Crippen molar-refractivity contribution in [3.63, 3.8) is 0 Å². The van der Waals surface area contributed by atoms with Crippen LogP contribution in [0.25, 0.3) is 5.69 Å². The smallest absolute Gasteiger partial charge is 0.307 e. The normalized spacial score (nSPS) is 17.4. The second-order valence-electron chi connectivity index (χ2n) is 5.89. The third-order valence-corrected chi connectivity index (χ3v) is 5.22. The zero-order valence-corrected chi connectivity index (χ0v) is 15.0. The Hall–Kier alpha value is -2.35. The first-order valence-electron chi connectivity index (χ1n) is 8.03. The van der Waals surface area contributed by atoms with Gasteiger partial charge in [0.15, 0.2) is 5.69 Å². The number of thioether (sulfide) groups is 1. The van der Waals surface area contributed by atoms with Gasteiger partial charge in [-0.25, -0.2) is 4.68 Å². The van der Waals surface area contributed by atoms with E-state index in [0.717, 1.165) is 17.0 Å². The highest BCUT2D eigenvalue weighted by Gasteiger charge is 2.31. The van der Waals surface area contributed by atoms with Crippen LogP contribution in [0.2, 0.25) is 0 Å². The van der Waals surface area contributed by atoms with Crippen molar-refractivity contribution in [2.45, 2.75) is 19.4 Å². The van der Waals surface area contributed by atoms with Crippen LogP contribution in [-0.2, 0) is 9.53 Å². The molecule has 1 aromatic carbocycles. The lowest BCUT2D eigenvalue weighted by molar-refractivity contribution is -0.141. The highest BCUT2D eigenvalue weighted by atomic mass is 32.2. The van der Waals surface area contributed by atoms with E-state index in [9.17, 15) is 9.59 Å². The summed E-state index contributed by atoms with van der Waals surface area (Å²) in [5.74, 6) is 1.05. The van der Waals surface area contributed by atoms with Crippen molar-refractivity contribution in [2.75, 3.05) is 25.2 Å². The number of aryl methyl sites for hydroxylation is 1. The number of esters is 1. The van der Waals surface area contributed by atoms with Crippen molar-refractivity contribution in [1.29, 1.82) is 0 Å². The van der Waals surface area contributed by atoms with Gasteiger partial charge in [-0.1, -0.05) is 22.9 Å². The predicted octanol–water partition coefficient (Wildman–Crippen LogP) is 1.70. The molecule has 8 heteroatoms. The zero-order valence-electron chi connectivity index (χ0n) is 14.2. The molecule has 1 aliphatic rings. The number of nitrogens with zero attached hydrogens (tertiary/aromatic N) is 4. The third-order valence-electron chi connectivity index (χ3n) is 4.13. The molecular formula is C17H20N4O3S. The fourth-order valence-electron chi connectivity index (χ4n) is 2.70. The summed E-state index contributed by atoms with van der Waals surface area (Å²) < 4.78 is 6.32. The highest BCUT2D eigenvalue weighted by molar-refractivity contribution is 7.99. The van der Waals surface area contributed by atoms with Gasteiger partial charge in [0.1, 0.15) is 0 Å². The molecule has 1 amide bonds. The van der Waals surface area contributed by atoms with E-state index in [4.69, 9.17) is 4.74 Å². The molecule has 1 atom stereocenters. The molecule has 1 saturated heterocycles. The van der Waals surface area contributed by atoms with Gasteiger partial charge in [-0.05, 0) is 19.1 Å². The van der Waals surface area contributed by atoms with E-state index in [1.807, 2.05) is 31.2 Å². The van der Waals surface area contributed by atoms with Crippen molar-refractivity contribution in [3.8, 4) is 5.69 Å². The molecule has 0 aliphatic carbocycles. The number of methoxy groups -OCH3 is 1. The van der Waals surface area contributed by atoms with Crippen LogP contribution in [0.1, 0.15) is 22.5 Å². The van der Waals surface area contributed by atoms with Crippen LogP contribution in [0.4, 0.5) is 0 Å². The average molecular weight is 360 g/mol. The molecule has 0 spiro atoms. The van der Waals surface area contributed by atoms with Crippen LogP contribution in [-0.4, -0.2) is 63.0 Å². The van der Waals surface area contributed by atoms with Gasteiger partial charge in [-0.15, -0.1) is 5.10 Å². The lowest BCUT2D eigenvalue weighted by atomic mass is 10.2. The minimum Gasteiger partial charge on any atom is -0.469 e. The number of carbonyl (C=O) groups excluding carboxylic acids is 2. The number of amides is 1. The Morgan fingerprint density at radius 2 is 2.08 bits per heavy atom. The molecule has 2 heterocycles. The minimum atomic E-state index is -0.311. The fraction of sp³-hybridized carbons (Fsp3) is 0.412. The van der Waals surface area contributed by atoms with Crippen LogP contribution in [0.5, 0.6) is 0 Å². The third kappa shape index (κ3) is 4.01. The Morgan fingerprint density at radius 1 is 1.32 bits per heavy atom. The molecule has 1 fully saturated rings. The topological polar surface area (TPSA) is 77.3 Å². The highest BCUT2D eigenvalue weighted by Crippen LogP contribution is 2.21. The average Bonchev–Trinajstić information content (AvgIpc) is 3.12. The first-order chi connectivity index (χ1) is 12.1. The van der Waals surface area contributed by atoms with Crippen LogP contribution in [0, 0.1) is 6.92 Å². The van der Waals surface area contributed by atoms with Gasteiger partial charge in [0.25, 0.3) is 5.91 Å². The van der Waals surface area contributed by atoms with Gasteiger partial charge >= 0.3 is 5.97 Å². The molecule has 7 nitrogen and oxygen atoms in total. The van der Waals surface area contributed by atoms with Gasteiger partial charge in [0.2, 0.25) is 0 Å². The number of benzene rings is 1. The van der Waals surface area contributed by atoms with Crippen LogP contribution in [0.3, 0.4) is 0 Å². The van der Waals surface area contributed by atoms with Crippen molar-refractivity contribution < 1.29 is 14.3 Å². The number of ether oxygens (including phenoxy) is 1. The Bertz CT molecular complexity index is 760. The Labute approximate surface area is 150 Å². The van der Waals surface area contributed by atoms with Gasteiger partial charge in [0.05, 0.1) is 31.5 Å². The quantitative estimate of drug-likeness (QED) is 0.773. The van der Waals surface area contributed by atoms with E-state index in [2.05, 4.69) is 10.3 Å². The second kappa shape index (κ2) is 7.69. The van der Waals surface area contributed by atoms with Gasteiger partial charge in [-0.2, -0.15) is 11.8 Å². The summed E-state index contributed by atoms with van der Waals surface area (Å²) in [6.07, 6.45) is 1.82. The summed E-state index contributed by atoms with van der Waals surface area (Å²) in [5, 5.41) is 8.08. The van der Waals surface area contributed by atoms with E-state index >= 15 is 0 Å². The van der Waals surface area contributed by atoms with Crippen LogP contribution in [0.15, 0.2) is 30.5 Å². The monoisotopic (exact) mass is 360 g/mol. The number of hydrogen-bond donors (Lipinski definition) is 0. The van der Waals surface area contributed by atoms with E-state index in [1.54, 1.807) is 27.5 Å². The van der Waals surface area contributed by atoms with Gasteiger partial charge in [-0.3, -0.25) is 9.59 Å². The first-order valence-corrected chi connectivity index (χ1v) is 9.19. The lowest BCUT2D eigenvalue weighted by Crippen LogP contribution is -2.47. The Balaban J connectivity index is 1.77. The molecule has 1 unspecified atom stereocenters. The van der Waals surface area contributed by atoms with Crippen molar-refractivity contribution in [1.82, 2.24) is 19.9 Å². The number of carbonyl (C=O) groups is 2. The van der Waals surface area contributed by atoms with Crippen LogP contribution < -0.4 is 0 Å². The maximum atomic E-state index is 12.8. The molecule has 25 heavy (non-hydrogen) atoms. The summed E-state index contributed by atoms with van der Waals surface area (Å²) in [6.45, 7) is 2.60. The maximum Gasteiger partial charge on any atom is 0.307 e. The summed E-state index contributed by atoms with van der Waals surface area (Å²) in [6, 6.07) is 7.63. The van der Waals surface area contributed by atoms with Gasteiger partial charge < -0.3 is 9.64 Å². The SMILES string of the molecule is COC(=O)CC1CSCCN1C(=O)c1cn(-c2ccc(C)cc2)nn1. The first kappa shape index (κ1) is 17.5. The zero-order chi connectivity index (χ0) is 17.8. The lowest BCUT2D eigenvalue weighted by Gasteiger charge is -2.34. The summed E-state index contributed by atoms with van der Waals surface area (Å²) in [4.78, 5) is 26.1. The standard InChI is InChI=1S/C17H20N4O3S/c1-12-3-5-13(6-4-12)21-10-15(18-19-21)17(23)20-7-8-25-11-14(20)9-16(22)24-2/h3-6,10,14H,7-9,11H2,1-2H3. The van der Waals surface area contributed by atoms with Crippen molar-refractivity contribution >= 4 is 23.6 Å². The molecule has 1 aromatic heterocycles. The van der Waals surface area contributed by atoms with Crippen LogP contribution >= 0.6 is 11.8 Å². The fourth-order valence-corrected chi connectivity index (χ4v) is 3.76. The Kier molecular flexibility index (Phi) is 5.37. The summed E-state index contributed by atoms with van der Waals surface area (Å²) in [7, 11) is 1.36. The summed E-state index contributed by atoms with van der Waals surface area (Å²) >= 11 is 1.73. The molecule has 2 aromatic rings. The molecular weight excluding hydrogens is 340 g/mol. The summed E-state index contributed by atoms with van der Waals surface area (Å²) in [5.41, 5.74) is 2.27. The second-order valence-corrected chi connectivity index (χ2v) is 7.04. The largest absolute Gasteiger partial charge is 0.469 e. The number of hydrogen-bond acceptors (Lipinski definition) is 6. The molecule has 3 rings (SSSR count). The predicted molar refractivity (Wildman–Crippen MR) is 94.9 cm³/mol. The molecule has 0 saturated carbocycles. The van der Waals surface area contributed by atoms with E-state index in [-0.39, 0.29) is 30.0 Å². The van der Waals surface area contributed by atoms with Gasteiger partial charge in [0, 0.05) is 18.1 Å². The van der Waals surface area contributed by atoms with E-state index in [1.165, 1.54) is 7.11 Å². The number of rotatable bonds is 4. The van der Waals surface area contributed by atoms with E-state index in [0.29, 0.717) is 12.3 Å². The minimum absolute atomic E-state index is 0.178. The Morgan fingerprint density at radius 3 is 2.80 bits per heavy atom. The van der Waals surface area contributed by atoms with E-state index < -0.39 is 0 Å². The molecule has 0 N–H and O–H groups in total. The molecule has 0 bridgehead atoms. The number of aromatic nitrogens is 3. The molecule has 132 valence electrons. The molecule has 0 radical (unpaired) electrons. The van der Waals surface area contributed by atoms with Crippen molar-refractivity contribution in [2.24, 2.45) is 0 Å². The molecule has 1 aliphatic heterocycles. The maximum absolute atomic E-state index is 12.8.